The Labute approximate surface area is 79.6 Å². The average molecular weight is 207 g/mol. The van der Waals surface area contributed by atoms with Crippen molar-refractivity contribution in [2.75, 3.05) is 18.9 Å². The third-order valence-corrected chi connectivity index (χ3v) is 4.47. The minimum absolute atomic E-state index is 0.0413. The van der Waals surface area contributed by atoms with Crippen molar-refractivity contribution in [2.45, 2.75) is 32.2 Å². The van der Waals surface area contributed by atoms with Gasteiger partial charge in [-0.05, 0) is 26.2 Å². The minimum atomic E-state index is -2.97. The number of rotatable bonds is 4. The zero-order chi connectivity index (χ0) is 9.90. The van der Waals surface area contributed by atoms with Gasteiger partial charge in [0.05, 0.1) is 5.75 Å². The van der Waals surface area contributed by atoms with Crippen molar-refractivity contribution in [2.24, 2.45) is 0 Å². The third-order valence-electron chi connectivity index (χ3n) is 2.41. The van der Waals surface area contributed by atoms with Crippen LogP contribution in [0.2, 0.25) is 0 Å². The summed E-state index contributed by atoms with van der Waals surface area (Å²) in [6, 6.07) is 0.0413. The van der Waals surface area contributed by atoms with Crippen LogP contribution in [-0.2, 0) is 10.0 Å². The van der Waals surface area contributed by atoms with Gasteiger partial charge in [0.15, 0.2) is 0 Å². The van der Waals surface area contributed by atoms with Crippen molar-refractivity contribution in [1.82, 2.24) is 4.31 Å². The molecule has 78 valence electrons. The first-order valence-corrected chi connectivity index (χ1v) is 6.29. The van der Waals surface area contributed by atoms with Crippen molar-refractivity contribution < 1.29 is 13.5 Å². The van der Waals surface area contributed by atoms with E-state index in [0.29, 0.717) is 13.0 Å². The molecule has 0 saturated carbocycles. The van der Waals surface area contributed by atoms with Gasteiger partial charge in [-0.25, -0.2) is 8.42 Å². The van der Waals surface area contributed by atoms with Crippen molar-refractivity contribution in [3.63, 3.8) is 0 Å². The van der Waals surface area contributed by atoms with E-state index in [1.54, 1.807) is 4.31 Å². The van der Waals surface area contributed by atoms with Crippen LogP contribution in [0.1, 0.15) is 26.2 Å². The van der Waals surface area contributed by atoms with Gasteiger partial charge in [0.1, 0.15) is 0 Å². The lowest BCUT2D eigenvalue weighted by Gasteiger charge is -2.22. The first-order valence-electron chi connectivity index (χ1n) is 4.68. The molecule has 0 amide bonds. The summed E-state index contributed by atoms with van der Waals surface area (Å²) in [6.45, 7) is 2.69. The van der Waals surface area contributed by atoms with Gasteiger partial charge < -0.3 is 5.11 Å². The molecule has 0 aromatic heterocycles. The van der Waals surface area contributed by atoms with Gasteiger partial charge in [0, 0.05) is 19.2 Å². The largest absolute Gasteiger partial charge is 0.396 e. The van der Waals surface area contributed by atoms with Crippen LogP contribution in [0.5, 0.6) is 0 Å². The Balaban J connectivity index is 2.51. The summed E-state index contributed by atoms with van der Waals surface area (Å²) in [5, 5.41) is 8.62. The lowest BCUT2D eigenvalue weighted by molar-refractivity contribution is 0.259. The Morgan fingerprint density at radius 2 is 2.23 bits per heavy atom. The monoisotopic (exact) mass is 207 g/mol. The van der Waals surface area contributed by atoms with E-state index in [-0.39, 0.29) is 18.4 Å². The Hall–Kier alpha value is -0.130. The molecule has 0 radical (unpaired) electrons. The fraction of sp³-hybridized carbons (Fsp3) is 1.00. The van der Waals surface area contributed by atoms with Crippen LogP contribution < -0.4 is 0 Å². The van der Waals surface area contributed by atoms with E-state index in [9.17, 15) is 8.42 Å². The molecule has 0 aromatic carbocycles. The van der Waals surface area contributed by atoms with E-state index in [2.05, 4.69) is 0 Å². The molecule has 1 unspecified atom stereocenters. The minimum Gasteiger partial charge on any atom is -0.396 e. The van der Waals surface area contributed by atoms with Gasteiger partial charge >= 0.3 is 0 Å². The molecule has 0 bridgehead atoms. The highest BCUT2D eigenvalue weighted by molar-refractivity contribution is 7.89. The molecule has 1 fully saturated rings. The molecule has 5 heteroatoms. The Morgan fingerprint density at radius 3 is 2.69 bits per heavy atom. The molecule has 13 heavy (non-hydrogen) atoms. The first-order chi connectivity index (χ1) is 6.08. The molecule has 1 aliphatic heterocycles. The second-order valence-corrected chi connectivity index (χ2v) is 5.54. The molecule has 1 rings (SSSR count). The highest BCUT2D eigenvalue weighted by atomic mass is 32.2. The average Bonchev–Trinajstić information content (AvgIpc) is 2.41. The van der Waals surface area contributed by atoms with E-state index < -0.39 is 10.0 Å². The Kier molecular flexibility index (Phi) is 3.70. The van der Waals surface area contributed by atoms with Crippen LogP contribution in [-0.4, -0.2) is 42.8 Å². The van der Waals surface area contributed by atoms with E-state index >= 15 is 0 Å². The quantitative estimate of drug-likeness (QED) is 0.715. The second-order valence-electron chi connectivity index (χ2n) is 3.50. The SMILES string of the molecule is CC(CCCO)N1CCCS1(=O)=O. The number of aliphatic hydroxyl groups excluding tert-OH is 1. The van der Waals surface area contributed by atoms with Crippen LogP contribution in [0.15, 0.2) is 0 Å². The van der Waals surface area contributed by atoms with Crippen molar-refractivity contribution >= 4 is 10.0 Å². The van der Waals surface area contributed by atoms with Crippen LogP contribution in [0.3, 0.4) is 0 Å². The van der Waals surface area contributed by atoms with Crippen LogP contribution in [0.4, 0.5) is 0 Å². The highest BCUT2D eigenvalue weighted by Gasteiger charge is 2.31. The smallest absolute Gasteiger partial charge is 0.214 e. The van der Waals surface area contributed by atoms with Gasteiger partial charge in [-0.3, -0.25) is 0 Å². The fourth-order valence-electron chi connectivity index (χ4n) is 1.68. The summed E-state index contributed by atoms with van der Waals surface area (Å²) in [6.07, 6.45) is 2.16. The van der Waals surface area contributed by atoms with Gasteiger partial charge in [0.25, 0.3) is 0 Å². The summed E-state index contributed by atoms with van der Waals surface area (Å²) in [5.74, 6) is 0.288. The number of sulfonamides is 1. The third kappa shape index (κ3) is 2.65. The van der Waals surface area contributed by atoms with E-state index in [4.69, 9.17) is 5.11 Å². The van der Waals surface area contributed by atoms with Crippen molar-refractivity contribution in [3.8, 4) is 0 Å². The van der Waals surface area contributed by atoms with Crippen molar-refractivity contribution in [1.29, 1.82) is 0 Å². The number of hydrogen-bond donors (Lipinski definition) is 1. The maximum atomic E-state index is 11.4. The lowest BCUT2D eigenvalue weighted by Crippen LogP contribution is -2.34. The zero-order valence-corrected chi connectivity index (χ0v) is 8.76. The number of hydrogen-bond acceptors (Lipinski definition) is 3. The van der Waals surface area contributed by atoms with E-state index in [1.165, 1.54) is 0 Å². The number of aliphatic hydroxyl groups is 1. The summed E-state index contributed by atoms with van der Waals surface area (Å²) in [5.41, 5.74) is 0. The van der Waals surface area contributed by atoms with Crippen LogP contribution >= 0.6 is 0 Å². The molecule has 1 atom stereocenters. The summed E-state index contributed by atoms with van der Waals surface area (Å²) in [7, 11) is -2.97. The standard InChI is InChI=1S/C8H17NO3S/c1-8(4-2-6-10)9-5-3-7-13(9,11)12/h8,10H,2-7H2,1H3. The van der Waals surface area contributed by atoms with E-state index in [0.717, 1.165) is 12.8 Å². The summed E-state index contributed by atoms with van der Waals surface area (Å²) in [4.78, 5) is 0. The van der Waals surface area contributed by atoms with Gasteiger partial charge in [-0.1, -0.05) is 0 Å². The second kappa shape index (κ2) is 4.39. The topological polar surface area (TPSA) is 57.6 Å². The van der Waals surface area contributed by atoms with Gasteiger partial charge in [0.2, 0.25) is 10.0 Å². The highest BCUT2D eigenvalue weighted by Crippen LogP contribution is 2.19. The molecule has 1 heterocycles. The van der Waals surface area contributed by atoms with E-state index in [1.807, 2.05) is 6.92 Å². The van der Waals surface area contributed by atoms with Gasteiger partial charge in [-0.2, -0.15) is 4.31 Å². The fourth-order valence-corrected chi connectivity index (χ4v) is 3.47. The molecule has 4 nitrogen and oxygen atoms in total. The maximum absolute atomic E-state index is 11.4. The van der Waals surface area contributed by atoms with Crippen LogP contribution in [0, 0.1) is 0 Å². The molecule has 0 spiro atoms. The summed E-state index contributed by atoms with van der Waals surface area (Å²) < 4.78 is 24.4. The number of nitrogens with zero attached hydrogens (tertiary/aromatic N) is 1. The predicted molar refractivity (Wildman–Crippen MR) is 50.9 cm³/mol. The predicted octanol–water partition coefficient (Wildman–Crippen LogP) is 0.183. The molecule has 0 aromatic rings. The molecular weight excluding hydrogens is 190 g/mol. The van der Waals surface area contributed by atoms with Gasteiger partial charge in [-0.15, -0.1) is 0 Å². The molecule has 0 aliphatic carbocycles. The molecule has 1 aliphatic rings. The first kappa shape index (κ1) is 10.9. The van der Waals surface area contributed by atoms with Crippen LogP contribution in [0.25, 0.3) is 0 Å². The Bertz CT molecular complexity index is 250. The lowest BCUT2D eigenvalue weighted by atomic mass is 10.2. The normalized spacial score (nSPS) is 24.8. The van der Waals surface area contributed by atoms with Crippen molar-refractivity contribution in [3.05, 3.63) is 0 Å². The summed E-state index contributed by atoms with van der Waals surface area (Å²) >= 11 is 0. The maximum Gasteiger partial charge on any atom is 0.214 e. The molecule has 1 N–H and O–H groups in total. The molecule has 1 saturated heterocycles. The Morgan fingerprint density at radius 1 is 1.54 bits per heavy atom. The zero-order valence-electron chi connectivity index (χ0n) is 7.94. The molecular formula is C8H17NO3S.